The maximum absolute atomic E-state index is 13.5. The molecule has 7 atom stereocenters. The third-order valence-electron chi connectivity index (χ3n) is 10.2. The van der Waals surface area contributed by atoms with Crippen LogP contribution in [0.2, 0.25) is 0 Å². The van der Waals surface area contributed by atoms with Gasteiger partial charge in [0.25, 0.3) is 5.09 Å². The third kappa shape index (κ3) is 4.20. The average molecular weight is 532 g/mol. The van der Waals surface area contributed by atoms with Crippen LogP contribution in [0.25, 0.3) is 0 Å². The predicted octanol–water partition coefficient (Wildman–Crippen LogP) is 4.75. The van der Waals surface area contributed by atoms with Crippen molar-refractivity contribution in [3.63, 3.8) is 0 Å². The lowest BCUT2D eigenvalue weighted by Crippen LogP contribution is -2.52. The molecule has 5 aliphatic rings. The van der Waals surface area contributed by atoms with Crippen LogP contribution in [0.15, 0.2) is 23.2 Å². The van der Waals surface area contributed by atoms with Crippen LogP contribution < -0.4 is 0 Å². The van der Waals surface area contributed by atoms with Crippen LogP contribution in [-0.4, -0.2) is 39.6 Å². The zero-order chi connectivity index (χ0) is 27.6. The van der Waals surface area contributed by atoms with E-state index in [1.807, 2.05) is 13.8 Å². The number of carboxylic acids is 1. The standard InChI is InChI=1S/C28H37NO9/c1-26(2)36-24-22(31)13-15-5-7-17-18-8-9-20(21(30)14-16(38-29(34)35)6-10-23(32)33)27(18,3)12-11-19(17)28(15,4)25(24)37-26/h13,16-20H,5-12,14H2,1-4H3,(H,32,33)/t16?,17-,18-,19-,20-,27-,28-/m0/s1. The van der Waals surface area contributed by atoms with E-state index in [1.165, 1.54) is 0 Å². The number of allylic oxidation sites excluding steroid dienone is 2. The number of carbonyl (C=O) groups excluding carboxylic acids is 2. The molecule has 0 amide bonds. The maximum atomic E-state index is 13.5. The quantitative estimate of drug-likeness (QED) is 0.347. The van der Waals surface area contributed by atoms with Crippen LogP contribution in [-0.2, 0) is 28.7 Å². The topological polar surface area (TPSA) is 142 Å². The number of hydrogen-bond donors (Lipinski definition) is 1. The number of fused-ring (bicyclic) bond motifs is 6. The molecule has 0 aromatic rings. The average Bonchev–Trinajstić information content (AvgIpc) is 3.35. The second kappa shape index (κ2) is 9.09. The highest BCUT2D eigenvalue weighted by atomic mass is 17.0. The van der Waals surface area contributed by atoms with E-state index in [2.05, 4.69) is 13.8 Å². The second-order valence-corrected chi connectivity index (χ2v) is 12.6. The molecule has 208 valence electrons. The highest BCUT2D eigenvalue weighted by Crippen LogP contribution is 2.68. The Bertz CT molecular complexity index is 1140. The molecule has 1 aliphatic heterocycles. The number of hydrogen-bond acceptors (Lipinski definition) is 8. The summed E-state index contributed by atoms with van der Waals surface area (Å²) in [6, 6.07) is 0. The van der Waals surface area contributed by atoms with Gasteiger partial charge >= 0.3 is 5.97 Å². The number of nitrogens with zero attached hydrogens (tertiary/aromatic N) is 1. The van der Waals surface area contributed by atoms with E-state index in [1.54, 1.807) is 6.08 Å². The van der Waals surface area contributed by atoms with Crippen LogP contribution in [0, 0.1) is 44.6 Å². The highest BCUT2D eigenvalue weighted by Gasteiger charge is 2.63. The Morgan fingerprint density at radius 3 is 2.58 bits per heavy atom. The van der Waals surface area contributed by atoms with Crippen LogP contribution in [0.5, 0.6) is 0 Å². The minimum absolute atomic E-state index is 0.0733. The van der Waals surface area contributed by atoms with Crippen molar-refractivity contribution in [3.8, 4) is 0 Å². The highest BCUT2D eigenvalue weighted by molar-refractivity contribution is 6.05. The summed E-state index contributed by atoms with van der Waals surface area (Å²) in [5.74, 6) is -0.520. The number of carbonyl (C=O) groups is 3. The molecule has 0 saturated heterocycles. The summed E-state index contributed by atoms with van der Waals surface area (Å²) in [5, 5.41) is 19.0. The first-order valence-electron chi connectivity index (χ1n) is 13.7. The fourth-order valence-electron chi connectivity index (χ4n) is 8.59. The largest absolute Gasteiger partial charge is 0.481 e. The first-order valence-corrected chi connectivity index (χ1v) is 13.7. The number of carboxylic acid groups (broad SMARTS) is 1. The predicted molar refractivity (Wildman–Crippen MR) is 133 cm³/mol. The molecule has 38 heavy (non-hydrogen) atoms. The SMILES string of the molecule is CC1(C)OC2=C(O1)[C@@]1(C)C(=CC2=O)CC[C@@H]2[C@@H]1CC[C@]1(C)[C@H](C(=O)CC(CCC(=O)O)O[N+](=O)[O-])CC[C@@H]21. The van der Waals surface area contributed by atoms with Crippen molar-refractivity contribution in [1.82, 2.24) is 0 Å². The number of rotatable bonds is 8. The zero-order valence-electron chi connectivity index (χ0n) is 22.5. The Morgan fingerprint density at radius 1 is 1.16 bits per heavy atom. The van der Waals surface area contributed by atoms with E-state index < -0.39 is 28.4 Å². The van der Waals surface area contributed by atoms with Gasteiger partial charge in [0.05, 0.1) is 5.41 Å². The fraction of sp³-hybridized carbons (Fsp3) is 0.750. The maximum Gasteiger partial charge on any atom is 0.303 e. The molecule has 0 radical (unpaired) electrons. The fourth-order valence-corrected chi connectivity index (χ4v) is 8.59. The minimum Gasteiger partial charge on any atom is -0.481 e. The molecule has 3 fully saturated rings. The third-order valence-corrected chi connectivity index (χ3v) is 10.2. The molecule has 10 heteroatoms. The van der Waals surface area contributed by atoms with Gasteiger partial charge in [0.1, 0.15) is 11.9 Å². The number of Topliss-reactive ketones (excluding diaryl/α,β-unsaturated/α-hetero) is 1. The molecule has 1 N–H and O–H groups in total. The second-order valence-electron chi connectivity index (χ2n) is 12.6. The van der Waals surface area contributed by atoms with Gasteiger partial charge in [-0.25, -0.2) is 0 Å². The molecule has 5 rings (SSSR count). The van der Waals surface area contributed by atoms with Crippen molar-refractivity contribution in [2.45, 2.75) is 97.4 Å². The number of aliphatic carboxylic acids is 1. The first kappa shape index (κ1) is 26.7. The molecule has 1 heterocycles. The van der Waals surface area contributed by atoms with Crippen molar-refractivity contribution < 1.29 is 38.9 Å². The van der Waals surface area contributed by atoms with E-state index in [0.29, 0.717) is 29.8 Å². The minimum atomic E-state index is -1.08. The molecule has 1 unspecified atom stereocenters. The molecule has 0 aromatic carbocycles. The van der Waals surface area contributed by atoms with Gasteiger partial charge in [0.15, 0.2) is 5.76 Å². The summed E-state index contributed by atoms with van der Waals surface area (Å²) >= 11 is 0. The zero-order valence-corrected chi connectivity index (χ0v) is 22.5. The summed E-state index contributed by atoms with van der Waals surface area (Å²) in [4.78, 5) is 53.0. The van der Waals surface area contributed by atoms with Gasteiger partial charge < -0.3 is 19.4 Å². The Labute approximate surface area is 221 Å². The smallest absolute Gasteiger partial charge is 0.303 e. The molecular weight excluding hydrogens is 494 g/mol. The molecule has 3 saturated carbocycles. The van der Waals surface area contributed by atoms with Crippen molar-refractivity contribution in [3.05, 3.63) is 33.3 Å². The molecule has 4 aliphatic carbocycles. The Morgan fingerprint density at radius 2 is 1.89 bits per heavy atom. The molecule has 0 aromatic heterocycles. The van der Waals surface area contributed by atoms with Gasteiger partial charge in [0, 0.05) is 32.6 Å². The molecule has 0 bridgehead atoms. The van der Waals surface area contributed by atoms with Gasteiger partial charge in [-0.15, -0.1) is 10.1 Å². The number of ketones is 2. The summed E-state index contributed by atoms with van der Waals surface area (Å²) in [6.07, 6.45) is 5.22. The van der Waals surface area contributed by atoms with Gasteiger partial charge in [-0.1, -0.05) is 12.5 Å². The lowest BCUT2D eigenvalue weighted by atomic mass is 9.47. The van der Waals surface area contributed by atoms with E-state index in [0.717, 1.165) is 37.7 Å². The molecule has 10 nitrogen and oxygen atoms in total. The van der Waals surface area contributed by atoms with E-state index >= 15 is 0 Å². The van der Waals surface area contributed by atoms with Crippen molar-refractivity contribution >= 4 is 17.5 Å². The Balaban J connectivity index is 1.37. The Hall–Kier alpha value is -2.91. The monoisotopic (exact) mass is 531 g/mol. The number of ether oxygens (including phenoxy) is 2. The van der Waals surface area contributed by atoms with Crippen LogP contribution in [0.4, 0.5) is 0 Å². The summed E-state index contributed by atoms with van der Waals surface area (Å²) in [5.41, 5.74) is 0.442. The lowest BCUT2D eigenvalue weighted by molar-refractivity contribution is -0.768. The lowest BCUT2D eigenvalue weighted by Gasteiger charge is -2.57. The van der Waals surface area contributed by atoms with Crippen LogP contribution >= 0.6 is 0 Å². The van der Waals surface area contributed by atoms with Crippen molar-refractivity contribution in [2.24, 2.45) is 34.5 Å². The van der Waals surface area contributed by atoms with Gasteiger partial charge in [-0.05, 0) is 81.1 Å². The van der Waals surface area contributed by atoms with Crippen molar-refractivity contribution in [2.75, 3.05) is 0 Å². The van der Waals surface area contributed by atoms with Crippen LogP contribution in [0.1, 0.15) is 85.5 Å². The van der Waals surface area contributed by atoms with E-state index in [-0.39, 0.29) is 48.1 Å². The van der Waals surface area contributed by atoms with Gasteiger partial charge in [0.2, 0.25) is 17.3 Å². The Kier molecular flexibility index (Phi) is 6.38. The summed E-state index contributed by atoms with van der Waals surface area (Å²) in [6.45, 7) is 8.01. The molecular formula is C28H37NO9. The van der Waals surface area contributed by atoms with Crippen LogP contribution in [0.3, 0.4) is 0 Å². The summed E-state index contributed by atoms with van der Waals surface area (Å²) in [7, 11) is 0. The van der Waals surface area contributed by atoms with Crippen molar-refractivity contribution in [1.29, 1.82) is 0 Å². The van der Waals surface area contributed by atoms with Gasteiger partial charge in [-0.2, -0.15) is 0 Å². The van der Waals surface area contributed by atoms with Gasteiger partial charge in [-0.3, -0.25) is 14.4 Å². The summed E-state index contributed by atoms with van der Waals surface area (Å²) < 4.78 is 12.2. The normalized spacial score (nSPS) is 37.5. The first-order chi connectivity index (χ1) is 17.8. The van der Waals surface area contributed by atoms with E-state index in [4.69, 9.17) is 19.4 Å². The molecule has 0 spiro atoms. The van der Waals surface area contributed by atoms with E-state index in [9.17, 15) is 24.5 Å².